The van der Waals surface area contributed by atoms with Crippen LogP contribution in [0.2, 0.25) is 0 Å². The zero-order valence-electron chi connectivity index (χ0n) is 8.75. The van der Waals surface area contributed by atoms with Crippen molar-refractivity contribution in [3.05, 3.63) is 35.4 Å². The van der Waals surface area contributed by atoms with Crippen molar-refractivity contribution in [3.8, 4) is 0 Å². The predicted octanol–water partition coefficient (Wildman–Crippen LogP) is 2.40. The SMILES string of the molecule is CN1CCN=C1c1ccc(C(F)(F)F)cc1. The van der Waals surface area contributed by atoms with Crippen LogP contribution in [0.3, 0.4) is 0 Å². The molecule has 1 aromatic rings. The highest BCUT2D eigenvalue weighted by Crippen LogP contribution is 2.29. The van der Waals surface area contributed by atoms with Gasteiger partial charge in [-0.05, 0) is 12.1 Å². The van der Waals surface area contributed by atoms with Gasteiger partial charge in [0.2, 0.25) is 0 Å². The Morgan fingerprint density at radius 1 is 1.19 bits per heavy atom. The zero-order chi connectivity index (χ0) is 11.8. The molecule has 2 nitrogen and oxygen atoms in total. The Labute approximate surface area is 91.4 Å². The largest absolute Gasteiger partial charge is 0.416 e. The number of alkyl halides is 3. The second kappa shape index (κ2) is 3.81. The summed E-state index contributed by atoms with van der Waals surface area (Å²) in [5, 5.41) is 0. The van der Waals surface area contributed by atoms with Crippen molar-refractivity contribution in [1.82, 2.24) is 4.90 Å². The van der Waals surface area contributed by atoms with Crippen LogP contribution in [0, 0.1) is 0 Å². The summed E-state index contributed by atoms with van der Waals surface area (Å²) in [6.07, 6.45) is -4.28. The fourth-order valence-corrected chi connectivity index (χ4v) is 1.65. The first-order valence-electron chi connectivity index (χ1n) is 4.92. The zero-order valence-corrected chi connectivity index (χ0v) is 8.75. The topological polar surface area (TPSA) is 15.6 Å². The molecule has 0 saturated carbocycles. The summed E-state index contributed by atoms with van der Waals surface area (Å²) in [6.45, 7) is 1.52. The van der Waals surface area contributed by atoms with E-state index in [0.717, 1.165) is 30.1 Å². The molecule has 1 heterocycles. The fraction of sp³-hybridized carbons (Fsp3) is 0.364. The maximum absolute atomic E-state index is 12.3. The molecule has 16 heavy (non-hydrogen) atoms. The van der Waals surface area contributed by atoms with Gasteiger partial charge in [0.25, 0.3) is 0 Å². The molecule has 1 aliphatic heterocycles. The Morgan fingerprint density at radius 2 is 1.81 bits per heavy atom. The number of likely N-dealkylation sites (N-methyl/N-ethyl adjacent to an activating group) is 1. The third kappa shape index (κ3) is 2.03. The Kier molecular flexibility index (Phi) is 2.61. The Morgan fingerprint density at radius 3 is 2.25 bits per heavy atom. The van der Waals surface area contributed by atoms with Crippen LogP contribution in [0.15, 0.2) is 29.3 Å². The molecule has 2 rings (SSSR count). The second-order valence-electron chi connectivity index (χ2n) is 3.70. The smallest absolute Gasteiger partial charge is 0.358 e. The van der Waals surface area contributed by atoms with Gasteiger partial charge < -0.3 is 4.90 Å². The molecule has 0 atom stereocenters. The average Bonchev–Trinajstić information content (AvgIpc) is 2.63. The van der Waals surface area contributed by atoms with Crippen molar-refractivity contribution in [2.24, 2.45) is 4.99 Å². The van der Waals surface area contributed by atoms with E-state index in [1.54, 1.807) is 0 Å². The highest BCUT2D eigenvalue weighted by Gasteiger charge is 2.30. The third-order valence-corrected chi connectivity index (χ3v) is 2.53. The van der Waals surface area contributed by atoms with Gasteiger partial charge in [0.15, 0.2) is 0 Å². The molecule has 0 bridgehead atoms. The number of nitrogens with zero attached hydrogens (tertiary/aromatic N) is 2. The van der Waals surface area contributed by atoms with Crippen molar-refractivity contribution >= 4 is 5.84 Å². The number of benzene rings is 1. The summed E-state index contributed by atoms with van der Waals surface area (Å²) >= 11 is 0. The molecule has 0 spiro atoms. The number of hydrogen-bond donors (Lipinski definition) is 0. The lowest BCUT2D eigenvalue weighted by Crippen LogP contribution is -2.23. The minimum atomic E-state index is -4.28. The molecule has 0 N–H and O–H groups in total. The van der Waals surface area contributed by atoms with Crippen LogP contribution in [0.1, 0.15) is 11.1 Å². The average molecular weight is 228 g/mol. The van der Waals surface area contributed by atoms with Crippen molar-refractivity contribution in [1.29, 1.82) is 0 Å². The van der Waals surface area contributed by atoms with Crippen LogP contribution in [0.5, 0.6) is 0 Å². The molecule has 86 valence electrons. The van der Waals surface area contributed by atoms with Gasteiger partial charge in [0.1, 0.15) is 5.84 Å². The molecule has 0 fully saturated rings. The van der Waals surface area contributed by atoms with Crippen LogP contribution in [0.4, 0.5) is 13.2 Å². The van der Waals surface area contributed by atoms with Gasteiger partial charge in [-0.2, -0.15) is 13.2 Å². The van der Waals surface area contributed by atoms with Crippen LogP contribution in [0.25, 0.3) is 0 Å². The van der Waals surface area contributed by atoms with Crippen LogP contribution in [-0.2, 0) is 6.18 Å². The van der Waals surface area contributed by atoms with Gasteiger partial charge in [-0.3, -0.25) is 4.99 Å². The molecule has 0 unspecified atom stereocenters. The van der Waals surface area contributed by atoms with Gasteiger partial charge in [-0.1, -0.05) is 12.1 Å². The molecule has 0 aliphatic carbocycles. The van der Waals surface area contributed by atoms with Crippen LogP contribution < -0.4 is 0 Å². The molecule has 1 aromatic carbocycles. The molecule has 0 amide bonds. The van der Waals surface area contributed by atoms with Crippen molar-refractivity contribution in [3.63, 3.8) is 0 Å². The van der Waals surface area contributed by atoms with E-state index in [0.29, 0.717) is 6.54 Å². The van der Waals surface area contributed by atoms with Gasteiger partial charge in [-0.15, -0.1) is 0 Å². The first-order chi connectivity index (χ1) is 7.48. The lowest BCUT2D eigenvalue weighted by Gasteiger charge is -2.14. The summed E-state index contributed by atoms with van der Waals surface area (Å²) in [6, 6.07) is 5.10. The fourth-order valence-electron chi connectivity index (χ4n) is 1.65. The third-order valence-electron chi connectivity index (χ3n) is 2.53. The number of rotatable bonds is 1. The van der Waals surface area contributed by atoms with Gasteiger partial charge in [0.05, 0.1) is 12.1 Å². The maximum Gasteiger partial charge on any atom is 0.416 e. The minimum Gasteiger partial charge on any atom is -0.358 e. The number of hydrogen-bond acceptors (Lipinski definition) is 2. The van der Waals surface area contributed by atoms with Crippen molar-refractivity contribution < 1.29 is 13.2 Å². The molecule has 1 aliphatic rings. The predicted molar refractivity (Wildman–Crippen MR) is 55.5 cm³/mol. The molecule has 0 aromatic heterocycles. The van der Waals surface area contributed by atoms with E-state index in [9.17, 15) is 13.2 Å². The summed E-state index contributed by atoms with van der Waals surface area (Å²) in [5.74, 6) is 0.758. The first kappa shape index (κ1) is 11.0. The van der Waals surface area contributed by atoms with E-state index in [2.05, 4.69) is 4.99 Å². The number of amidine groups is 1. The molecular formula is C11H11F3N2. The molecule has 0 saturated heterocycles. The van der Waals surface area contributed by atoms with E-state index < -0.39 is 11.7 Å². The quantitative estimate of drug-likeness (QED) is 0.720. The lowest BCUT2D eigenvalue weighted by atomic mass is 10.1. The van der Waals surface area contributed by atoms with Crippen LogP contribution in [-0.4, -0.2) is 30.9 Å². The first-order valence-corrected chi connectivity index (χ1v) is 4.92. The van der Waals surface area contributed by atoms with E-state index >= 15 is 0 Å². The van der Waals surface area contributed by atoms with Gasteiger partial charge in [0, 0.05) is 19.2 Å². The van der Waals surface area contributed by atoms with Gasteiger partial charge in [-0.25, -0.2) is 0 Å². The number of halogens is 3. The molecule has 0 radical (unpaired) electrons. The summed E-state index contributed by atoms with van der Waals surface area (Å²) in [5.41, 5.74) is 0.102. The summed E-state index contributed by atoms with van der Waals surface area (Å²) in [7, 11) is 1.88. The standard InChI is InChI=1S/C11H11F3N2/c1-16-7-6-15-10(16)8-2-4-9(5-3-8)11(12,13)14/h2-5H,6-7H2,1H3. The Balaban J connectivity index is 2.26. The molecule has 5 heteroatoms. The summed E-state index contributed by atoms with van der Waals surface area (Å²) in [4.78, 5) is 6.17. The minimum absolute atomic E-state index is 0.627. The van der Waals surface area contributed by atoms with Crippen LogP contribution >= 0.6 is 0 Å². The van der Waals surface area contributed by atoms with Crippen molar-refractivity contribution in [2.75, 3.05) is 20.1 Å². The van der Waals surface area contributed by atoms with E-state index in [-0.39, 0.29) is 0 Å². The van der Waals surface area contributed by atoms with E-state index in [1.165, 1.54) is 12.1 Å². The second-order valence-corrected chi connectivity index (χ2v) is 3.70. The lowest BCUT2D eigenvalue weighted by molar-refractivity contribution is -0.137. The van der Waals surface area contributed by atoms with Gasteiger partial charge >= 0.3 is 6.18 Å². The maximum atomic E-state index is 12.3. The highest BCUT2D eigenvalue weighted by atomic mass is 19.4. The van der Waals surface area contributed by atoms with E-state index in [4.69, 9.17) is 0 Å². The van der Waals surface area contributed by atoms with E-state index in [1.807, 2.05) is 11.9 Å². The highest BCUT2D eigenvalue weighted by molar-refractivity contribution is 5.99. The molecular weight excluding hydrogens is 217 g/mol. The Hall–Kier alpha value is -1.52. The monoisotopic (exact) mass is 228 g/mol. The van der Waals surface area contributed by atoms with Crippen molar-refractivity contribution in [2.45, 2.75) is 6.18 Å². The Bertz CT molecular complexity index is 406. The summed E-state index contributed by atoms with van der Waals surface area (Å²) < 4.78 is 37.0. The number of aliphatic imine (C=N–C) groups is 1. The normalized spacial score (nSPS) is 16.5.